The van der Waals surface area contributed by atoms with Crippen LogP contribution in [0.25, 0.3) is 5.76 Å². The number of alkyl carbamates (subject to hydrolysis) is 1. The molecule has 41 heavy (non-hydrogen) atoms. The first-order valence-corrected chi connectivity index (χ1v) is 13.8. The summed E-state index contributed by atoms with van der Waals surface area (Å²) in [5.74, 6) is -6.85. The molecule has 3 aliphatic carbocycles. The first-order chi connectivity index (χ1) is 19.3. The molecule has 1 fully saturated rings. The number of nitrogens with zero attached hydrogens (tertiary/aromatic N) is 1. The first kappa shape index (κ1) is 29.9. The second kappa shape index (κ2) is 11.4. The summed E-state index contributed by atoms with van der Waals surface area (Å²) in [5.41, 5.74) is 2.93. The number of unbranched alkanes of at least 4 members (excludes halogenated alkanes) is 3. The molecule has 0 spiro atoms. The molecule has 7 N–H and O–H groups in total. The third-order valence-electron chi connectivity index (χ3n) is 8.26. The van der Waals surface area contributed by atoms with Crippen LogP contribution in [-0.4, -0.2) is 70.3 Å². The number of Topliss-reactive ketones (excluding diaryl/α,β-unsaturated/α-hetero) is 2. The van der Waals surface area contributed by atoms with Crippen LogP contribution in [0.5, 0.6) is 5.75 Å². The van der Waals surface area contributed by atoms with Crippen LogP contribution in [0.1, 0.15) is 62.1 Å². The summed E-state index contributed by atoms with van der Waals surface area (Å²) < 4.78 is 5.19. The average Bonchev–Trinajstić information content (AvgIpc) is 2.89. The van der Waals surface area contributed by atoms with Gasteiger partial charge in [0.05, 0.1) is 12.2 Å². The van der Waals surface area contributed by atoms with Gasteiger partial charge in [-0.3, -0.25) is 14.4 Å². The van der Waals surface area contributed by atoms with Crippen molar-refractivity contribution in [1.29, 1.82) is 0 Å². The number of primary amides is 1. The molecule has 3 atom stereocenters. The topological polar surface area (TPSA) is 200 Å². The predicted molar refractivity (Wildman–Crippen MR) is 148 cm³/mol. The lowest BCUT2D eigenvalue weighted by atomic mass is 9.59. The van der Waals surface area contributed by atoms with E-state index in [-0.39, 0.29) is 54.9 Å². The van der Waals surface area contributed by atoms with Crippen LogP contribution in [0.15, 0.2) is 23.0 Å². The Hall–Kier alpha value is -4.06. The number of ether oxygens (including phenoxy) is 1. The number of fused-ring (bicyclic) bond motifs is 3. The van der Waals surface area contributed by atoms with Gasteiger partial charge < -0.3 is 41.1 Å². The Kier molecular flexibility index (Phi) is 8.34. The number of rotatable bonds is 9. The van der Waals surface area contributed by atoms with E-state index in [0.717, 1.165) is 25.7 Å². The molecule has 0 saturated heterocycles. The van der Waals surface area contributed by atoms with Gasteiger partial charge in [-0.05, 0) is 36.8 Å². The Morgan fingerprint density at radius 2 is 1.85 bits per heavy atom. The van der Waals surface area contributed by atoms with Gasteiger partial charge in [-0.15, -0.1) is 0 Å². The maximum Gasteiger partial charge on any atom is 0.407 e. The van der Waals surface area contributed by atoms with Crippen molar-refractivity contribution in [3.8, 4) is 5.75 Å². The van der Waals surface area contributed by atoms with Gasteiger partial charge in [0.2, 0.25) is 5.78 Å². The van der Waals surface area contributed by atoms with Gasteiger partial charge in [-0.2, -0.15) is 0 Å². The molecule has 3 aliphatic rings. The molecule has 3 unspecified atom stereocenters. The zero-order valence-corrected chi connectivity index (χ0v) is 23.5. The Balaban J connectivity index is 1.71. The van der Waals surface area contributed by atoms with Gasteiger partial charge in [0.15, 0.2) is 11.4 Å². The van der Waals surface area contributed by atoms with Crippen LogP contribution in [0.4, 0.5) is 10.5 Å². The number of nitrogens with one attached hydrogen (secondary N) is 1. The number of phenolic OH excluding ortho intramolecular Hbond substituents is 1. The number of carbonyl (C=O) groups excluding carboxylic acids is 4. The molecule has 222 valence electrons. The van der Waals surface area contributed by atoms with Crippen molar-refractivity contribution in [3.05, 3.63) is 39.7 Å². The van der Waals surface area contributed by atoms with Crippen molar-refractivity contribution >= 4 is 35.0 Å². The van der Waals surface area contributed by atoms with Gasteiger partial charge in [-0.25, -0.2) is 4.79 Å². The van der Waals surface area contributed by atoms with Crippen LogP contribution in [0.3, 0.4) is 0 Å². The molecule has 2 amide bonds. The van der Waals surface area contributed by atoms with Gasteiger partial charge in [0, 0.05) is 49.8 Å². The average molecular weight is 572 g/mol. The summed E-state index contributed by atoms with van der Waals surface area (Å²) in [4.78, 5) is 52.1. The van der Waals surface area contributed by atoms with E-state index in [1.807, 2.05) is 0 Å². The van der Waals surface area contributed by atoms with Gasteiger partial charge in [-0.1, -0.05) is 26.2 Å². The van der Waals surface area contributed by atoms with E-state index in [4.69, 9.17) is 10.5 Å². The highest BCUT2D eigenvalue weighted by atomic mass is 16.5. The lowest BCUT2D eigenvalue weighted by molar-refractivity contribution is -0.147. The number of hydrogen-bond acceptors (Lipinski definition) is 10. The number of phenols is 1. The fraction of sp³-hybridized carbons (Fsp3) is 0.517. The lowest BCUT2D eigenvalue weighted by Crippen LogP contribution is -2.58. The molecule has 4 rings (SSSR count). The highest BCUT2D eigenvalue weighted by Crippen LogP contribution is 2.53. The summed E-state index contributed by atoms with van der Waals surface area (Å²) in [7, 11) is 3.53. The summed E-state index contributed by atoms with van der Waals surface area (Å²) in [6, 6.07) is 1.67. The largest absolute Gasteiger partial charge is 0.508 e. The van der Waals surface area contributed by atoms with Crippen LogP contribution >= 0.6 is 0 Å². The lowest BCUT2D eigenvalue weighted by Gasteiger charge is -2.46. The number of carbonyl (C=O) groups is 4. The molecule has 0 aromatic heterocycles. The number of benzene rings is 1. The Morgan fingerprint density at radius 3 is 2.49 bits per heavy atom. The Bertz CT molecular complexity index is 1360. The maximum atomic E-state index is 13.7. The second-order valence-corrected chi connectivity index (χ2v) is 11.1. The number of anilines is 1. The fourth-order valence-electron chi connectivity index (χ4n) is 6.17. The maximum absolute atomic E-state index is 13.7. The van der Waals surface area contributed by atoms with Gasteiger partial charge in [0.1, 0.15) is 22.8 Å². The molecule has 0 aliphatic heterocycles. The molecule has 0 heterocycles. The molecular weight excluding hydrogens is 534 g/mol. The molecule has 1 aromatic carbocycles. The summed E-state index contributed by atoms with van der Waals surface area (Å²) in [6.45, 7) is 2.21. The third-order valence-corrected chi connectivity index (χ3v) is 8.26. The summed E-state index contributed by atoms with van der Waals surface area (Å²) in [5, 5.41) is 47.4. The molecule has 0 radical (unpaired) electrons. The number of hydrogen-bond donors (Lipinski definition) is 6. The first-order valence-electron chi connectivity index (χ1n) is 13.8. The molecule has 12 nitrogen and oxygen atoms in total. The van der Waals surface area contributed by atoms with E-state index >= 15 is 0 Å². The minimum absolute atomic E-state index is 0.0342. The smallest absolute Gasteiger partial charge is 0.407 e. The van der Waals surface area contributed by atoms with Gasteiger partial charge >= 0.3 is 6.09 Å². The van der Waals surface area contributed by atoms with Crippen LogP contribution in [-0.2, 0) is 32.1 Å². The Morgan fingerprint density at radius 1 is 1.15 bits per heavy atom. The number of ketones is 2. The van der Waals surface area contributed by atoms with Crippen molar-refractivity contribution in [2.24, 2.45) is 17.6 Å². The number of aliphatic hydroxyl groups excluding tert-OH is 2. The van der Waals surface area contributed by atoms with Crippen molar-refractivity contribution < 1.29 is 44.3 Å². The zero-order chi connectivity index (χ0) is 30.2. The van der Waals surface area contributed by atoms with E-state index < -0.39 is 58.1 Å². The number of nitrogens with two attached hydrogens (primary N) is 1. The van der Waals surface area contributed by atoms with Crippen LogP contribution in [0.2, 0.25) is 0 Å². The van der Waals surface area contributed by atoms with E-state index in [0.29, 0.717) is 11.3 Å². The molecule has 0 bridgehead atoms. The number of aromatic hydroxyl groups is 1. The Labute approximate surface area is 237 Å². The van der Waals surface area contributed by atoms with Crippen molar-refractivity contribution in [1.82, 2.24) is 5.32 Å². The quantitative estimate of drug-likeness (QED) is 0.189. The normalized spacial score (nSPS) is 23.5. The van der Waals surface area contributed by atoms with Crippen LogP contribution < -0.4 is 16.0 Å². The fourth-order valence-corrected chi connectivity index (χ4v) is 6.17. The molecule has 1 aromatic rings. The minimum atomic E-state index is -2.63. The molecule has 1 saturated carbocycles. The number of amides is 2. The van der Waals surface area contributed by atoms with Crippen molar-refractivity contribution in [2.45, 2.75) is 64.0 Å². The van der Waals surface area contributed by atoms with E-state index in [1.54, 1.807) is 25.1 Å². The van der Waals surface area contributed by atoms with Crippen LogP contribution in [0, 0.1) is 11.8 Å². The molecular formula is C29H37N3O9. The molecule has 12 heteroatoms. The van der Waals surface area contributed by atoms with E-state index in [9.17, 15) is 39.6 Å². The highest BCUT2D eigenvalue weighted by molar-refractivity contribution is 6.22. The number of aliphatic hydroxyl groups is 3. The van der Waals surface area contributed by atoms with E-state index in [1.165, 1.54) is 0 Å². The third kappa shape index (κ3) is 5.12. The summed E-state index contributed by atoms with van der Waals surface area (Å²) in [6.07, 6.45) is 2.96. The van der Waals surface area contributed by atoms with Gasteiger partial charge in [0.25, 0.3) is 5.91 Å². The monoisotopic (exact) mass is 571 g/mol. The summed E-state index contributed by atoms with van der Waals surface area (Å²) >= 11 is 0. The SMILES string of the molecule is CCCCCCOC(=O)NCc1cc(N(C)C)c2c(c1O)C(O)=C1C(=O)C3(O)C(O)=C(C(N)=O)C(=O)CC3CC1C2. The highest BCUT2D eigenvalue weighted by Gasteiger charge is 2.60. The minimum Gasteiger partial charge on any atom is -0.508 e. The second-order valence-electron chi connectivity index (χ2n) is 11.1. The predicted octanol–water partition coefficient (Wildman–Crippen LogP) is 2.30. The zero-order valence-electron chi connectivity index (χ0n) is 23.5. The van der Waals surface area contributed by atoms with Crippen molar-refractivity contribution in [3.63, 3.8) is 0 Å². The van der Waals surface area contributed by atoms with E-state index in [2.05, 4.69) is 12.2 Å². The standard InChI is InChI=1S/C29H37N3O9/c1-4-5-6-7-8-41-28(39)31-13-15-11-18(32(2)3)17-10-14-9-16-12-19(33)22(27(30)38)26(37)29(16,40)25(36)20(14)24(35)21(17)23(15)34/h11,14,16,34-35,37,40H,4-10,12-13H2,1-3H3,(H2,30,38)(H,31,39). The van der Waals surface area contributed by atoms with Crippen molar-refractivity contribution in [2.75, 3.05) is 25.6 Å².